The summed E-state index contributed by atoms with van der Waals surface area (Å²) in [6.07, 6.45) is -0.845. The Hall–Kier alpha value is -2.69. The van der Waals surface area contributed by atoms with Gasteiger partial charge in [0.05, 0.1) is 11.4 Å². The van der Waals surface area contributed by atoms with Crippen LogP contribution in [0, 0.1) is 0 Å². The number of rotatable bonds is 3. The predicted molar refractivity (Wildman–Crippen MR) is 86.0 cm³/mol. The van der Waals surface area contributed by atoms with E-state index in [1.807, 2.05) is 57.2 Å². The van der Waals surface area contributed by atoms with Gasteiger partial charge in [-0.3, -0.25) is 0 Å². The lowest BCUT2D eigenvalue weighted by molar-refractivity contribution is 0.210. The van der Waals surface area contributed by atoms with Crippen molar-refractivity contribution in [3.63, 3.8) is 0 Å². The first-order valence-electron chi connectivity index (χ1n) is 6.95. The highest BCUT2D eigenvalue weighted by atomic mass is 16.5. The standard InChI is InChI=1S/C17H19N3O2/c1-17(2,3)15-13(10-7-11-14(15)22-16(18)21)20-19-12-8-5-4-6-9-12/h4-11H,1-3H3,(H2,18,21). The Balaban J connectivity index is 2.47. The topological polar surface area (TPSA) is 77.0 Å². The summed E-state index contributed by atoms with van der Waals surface area (Å²) < 4.78 is 5.10. The Kier molecular flexibility index (Phi) is 4.56. The van der Waals surface area contributed by atoms with Crippen LogP contribution in [0.3, 0.4) is 0 Å². The summed E-state index contributed by atoms with van der Waals surface area (Å²) in [4.78, 5) is 11.1. The molecule has 5 nitrogen and oxygen atoms in total. The molecule has 1 amide bonds. The van der Waals surface area contributed by atoms with Crippen molar-refractivity contribution in [3.8, 4) is 5.75 Å². The van der Waals surface area contributed by atoms with Crippen molar-refractivity contribution in [1.29, 1.82) is 0 Å². The van der Waals surface area contributed by atoms with Gasteiger partial charge < -0.3 is 10.5 Å². The predicted octanol–water partition coefficient (Wildman–Crippen LogP) is 4.86. The van der Waals surface area contributed by atoms with E-state index in [1.165, 1.54) is 0 Å². The zero-order valence-electron chi connectivity index (χ0n) is 12.9. The van der Waals surface area contributed by atoms with Gasteiger partial charge in [0.1, 0.15) is 5.75 Å². The third kappa shape index (κ3) is 3.91. The number of ether oxygens (including phenoxy) is 1. The molecule has 0 aliphatic heterocycles. The lowest BCUT2D eigenvalue weighted by Crippen LogP contribution is -2.20. The van der Waals surface area contributed by atoms with Gasteiger partial charge in [0.25, 0.3) is 0 Å². The van der Waals surface area contributed by atoms with Crippen molar-refractivity contribution in [2.45, 2.75) is 26.2 Å². The zero-order chi connectivity index (χ0) is 16.2. The van der Waals surface area contributed by atoms with Crippen molar-refractivity contribution in [3.05, 3.63) is 54.1 Å². The Morgan fingerprint density at radius 1 is 1.00 bits per heavy atom. The van der Waals surface area contributed by atoms with Crippen molar-refractivity contribution < 1.29 is 9.53 Å². The first kappa shape index (κ1) is 15.7. The van der Waals surface area contributed by atoms with E-state index in [-0.39, 0.29) is 5.41 Å². The first-order valence-corrected chi connectivity index (χ1v) is 6.95. The average Bonchev–Trinajstić information content (AvgIpc) is 2.44. The number of azo groups is 1. The molecule has 0 unspecified atom stereocenters. The molecule has 2 aromatic rings. The Labute approximate surface area is 129 Å². The molecule has 5 heteroatoms. The maximum atomic E-state index is 11.1. The molecule has 0 saturated carbocycles. The number of nitrogens with zero attached hydrogens (tertiary/aromatic N) is 2. The van der Waals surface area contributed by atoms with Crippen LogP contribution in [0.2, 0.25) is 0 Å². The fraction of sp³-hybridized carbons (Fsp3) is 0.235. The first-order chi connectivity index (χ1) is 10.4. The summed E-state index contributed by atoms with van der Waals surface area (Å²) in [5, 5.41) is 8.53. The summed E-state index contributed by atoms with van der Waals surface area (Å²) in [5.41, 5.74) is 7.04. The maximum Gasteiger partial charge on any atom is 0.409 e. The molecule has 2 aromatic carbocycles. The molecule has 0 saturated heterocycles. The SMILES string of the molecule is CC(C)(C)c1c(N=Nc2ccccc2)cccc1OC(N)=O. The second kappa shape index (κ2) is 6.39. The van der Waals surface area contributed by atoms with Gasteiger partial charge in [-0.05, 0) is 29.7 Å². The number of hydrogen-bond donors (Lipinski definition) is 1. The van der Waals surface area contributed by atoms with E-state index in [9.17, 15) is 4.79 Å². The molecule has 0 aromatic heterocycles. The van der Waals surface area contributed by atoms with E-state index in [4.69, 9.17) is 10.5 Å². The third-order valence-corrected chi connectivity index (χ3v) is 2.99. The highest BCUT2D eigenvalue weighted by Gasteiger charge is 2.24. The van der Waals surface area contributed by atoms with Crippen LogP contribution in [0.5, 0.6) is 5.75 Å². The molecule has 0 heterocycles. The number of hydrogen-bond acceptors (Lipinski definition) is 4. The molecule has 22 heavy (non-hydrogen) atoms. The number of carbonyl (C=O) groups excluding carboxylic acids is 1. The van der Waals surface area contributed by atoms with E-state index in [0.29, 0.717) is 11.4 Å². The van der Waals surface area contributed by atoms with Gasteiger partial charge in [-0.1, -0.05) is 45.0 Å². The van der Waals surface area contributed by atoms with E-state index < -0.39 is 6.09 Å². The van der Waals surface area contributed by atoms with Crippen molar-refractivity contribution in [2.75, 3.05) is 0 Å². The number of benzene rings is 2. The Morgan fingerprint density at radius 3 is 2.27 bits per heavy atom. The smallest absolute Gasteiger partial charge is 0.409 e. The lowest BCUT2D eigenvalue weighted by Gasteiger charge is -2.23. The summed E-state index contributed by atoms with van der Waals surface area (Å²) in [6, 6.07) is 14.7. The molecular formula is C17H19N3O2. The van der Waals surface area contributed by atoms with Crippen LogP contribution in [-0.2, 0) is 5.41 Å². The Morgan fingerprint density at radius 2 is 1.68 bits per heavy atom. The van der Waals surface area contributed by atoms with Gasteiger partial charge in [-0.2, -0.15) is 10.2 Å². The van der Waals surface area contributed by atoms with Crippen LogP contribution >= 0.6 is 0 Å². The second-order valence-corrected chi connectivity index (χ2v) is 5.86. The second-order valence-electron chi connectivity index (χ2n) is 5.86. The fourth-order valence-electron chi connectivity index (χ4n) is 2.16. The van der Waals surface area contributed by atoms with Crippen molar-refractivity contribution >= 4 is 17.5 Å². The highest BCUT2D eigenvalue weighted by molar-refractivity contribution is 5.70. The van der Waals surface area contributed by atoms with E-state index in [1.54, 1.807) is 12.1 Å². The molecule has 2 rings (SSSR count). The molecule has 0 bridgehead atoms. The van der Waals surface area contributed by atoms with E-state index >= 15 is 0 Å². The van der Waals surface area contributed by atoms with Crippen molar-refractivity contribution in [1.82, 2.24) is 0 Å². The lowest BCUT2D eigenvalue weighted by atomic mass is 9.85. The van der Waals surface area contributed by atoms with Gasteiger partial charge in [-0.15, -0.1) is 0 Å². The maximum absolute atomic E-state index is 11.1. The third-order valence-electron chi connectivity index (χ3n) is 2.99. The van der Waals surface area contributed by atoms with Crippen LogP contribution < -0.4 is 10.5 Å². The van der Waals surface area contributed by atoms with Crippen LogP contribution in [0.1, 0.15) is 26.3 Å². The number of primary amides is 1. The van der Waals surface area contributed by atoms with Crippen LogP contribution in [-0.4, -0.2) is 6.09 Å². The van der Waals surface area contributed by atoms with Crippen LogP contribution in [0.4, 0.5) is 16.2 Å². The van der Waals surface area contributed by atoms with E-state index in [2.05, 4.69) is 10.2 Å². The summed E-state index contributed by atoms with van der Waals surface area (Å²) in [5.74, 6) is 0.407. The Bertz CT molecular complexity index is 689. The molecule has 114 valence electrons. The highest BCUT2D eigenvalue weighted by Crippen LogP contribution is 2.39. The molecule has 0 atom stereocenters. The molecule has 0 radical (unpaired) electrons. The fourth-order valence-corrected chi connectivity index (χ4v) is 2.16. The summed E-state index contributed by atoms with van der Waals surface area (Å²) in [7, 11) is 0. The molecule has 0 aliphatic carbocycles. The van der Waals surface area contributed by atoms with Gasteiger partial charge >= 0.3 is 6.09 Å². The van der Waals surface area contributed by atoms with Gasteiger partial charge in [0.15, 0.2) is 0 Å². The van der Waals surface area contributed by atoms with Crippen LogP contribution in [0.25, 0.3) is 0 Å². The van der Waals surface area contributed by atoms with Gasteiger partial charge in [0, 0.05) is 5.56 Å². The zero-order valence-corrected chi connectivity index (χ0v) is 12.9. The summed E-state index contributed by atoms with van der Waals surface area (Å²) >= 11 is 0. The monoisotopic (exact) mass is 297 g/mol. The van der Waals surface area contributed by atoms with Crippen molar-refractivity contribution in [2.24, 2.45) is 16.0 Å². The molecule has 0 aliphatic rings. The molecule has 2 N–H and O–H groups in total. The average molecular weight is 297 g/mol. The van der Waals surface area contributed by atoms with E-state index in [0.717, 1.165) is 11.3 Å². The van der Waals surface area contributed by atoms with Gasteiger partial charge in [-0.25, -0.2) is 4.79 Å². The quantitative estimate of drug-likeness (QED) is 0.821. The normalized spacial score (nSPS) is 11.6. The largest absolute Gasteiger partial charge is 0.410 e. The minimum absolute atomic E-state index is 0.281. The number of carbonyl (C=O) groups is 1. The number of nitrogens with two attached hydrogens (primary N) is 1. The van der Waals surface area contributed by atoms with Crippen LogP contribution in [0.15, 0.2) is 58.8 Å². The molecule has 0 spiro atoms. The summed E-state index contributed by atoms with van der Waals surface area (Å²) in [6.45, 7) is 6.03. The minimum atomic E-state index is -0.845. The molecule has 0 fully saturated rings. The number of amides is 1. The van der Waals surface area contributed by atoms with Gasteiger partial charge in [0.2, 0.25) is 0 Å². The molecular weight excluding hydrogens is 278 g/mol. The minimum Gasteiger partial charge on any atom is -0.410 e.